The average molecular weight is 325 g/mol. The van der Waals surface area contributed by atoms with Gasteiger partial charge in [0.25, 0.3) is 0 Å². The number of hydrogen-bond donors (Lipinski definition) is 3. The van der Waals surface area contributed by atoms with Crippen molar-refractivity contribution in [1.29, 1.82) is 0 Å². The molecule has 0 aromatic heterocycles. The first-order chi connectivity index (χ1) is 11.6. The van der Waals surface area contributed by atoms with Gasteiger partial charge in [-0.15, -0.1) is 0 Å². The second-order valence-corrected chi connectivity index (χ2v) is 5.60. The summed E-state index contributed by atoms with van der Waals surface area (Å²) in [7, 11) is 1.61. The Morgan fingerprint density at radius 2 is 1.67 bits per heavy atom. The molecule has 1 atom stereocenters. The molecular weight excluding hydrogens is 302 g/mol. The predicted octanol–water partition coefficient (Wildman–Crippen LogP) is 2.39. The standard InChI is InChI=1S/C19H23N3O2/c1-21-18(23)12-11-15-9-5-6-10-17(15)22-19(24)13-16(20)14-7-3-2-4-8-14/h2-10,16H,11-13,20H2,1H3,(H,21,23)(H,22,24). The summed E-state index contributed by atoms with van der Waals surface area (Å²) in [6.07, 6.45) is 1.15. The van der Waals surface area contributed by atoms with Crippen LogP contribution in [0.2, 0.25) is 0 Å². The van der Waals surface area contributed by atoms with Crippen molar-refractivity contribution < 1.29 is 9.59 Å². The van der Waals surface area contributed by atoms with Gasteiger partial charge in [-0.05, 0) is 23.6 Å². The van der Waals surface area contributed by atoms with Gasteiger partial charge in [0, 0.05) is 31.6 Å². The van der Waals surface area contributed by atoms with E-state index in [1.807, 2.05) is 54.6 Å². The van der Waals surface area contributed by atoms with Crippen LogP contribution in [-0.2, 0) is 16.0 Å². The predicted molar refractivity (Wildman–Crippen MR) is 95.4 cm³/mol. The van der Waals surface area contributed by atoms with E-state index < -0.39 is 0 Å². The highest BCUT2D eigenvalue weighted by Crippen LogP contribution is 2.19. The zero-order chi connectivity index (χ0) is 17.4. The number of nitrogens with one attached hydrogen (secondary N) is 2. The maximum absolute atomic E-state index is 12.3. The van der Waals surface area contributed by atoms with Crippen LogP contribution in [0.15, 0.2) is 54.6 Å². The number of amides is 2. The van der Waals surface area contributed by atoms with Gasteiger partial charge >= 0.3 is 0 Å². The number of anilines is 1. The van der Waals surface area contributed by atoms with Crippen molar-refractivity contribution in [1.82, 2.24) is 5.32 Å². The lowest BCUT2D eigenvalue weighted by molar-refractivity contribution is -0.120. The molecule has 0 fully saturated rings. The maximum atomic E-state index is 12.3. The number of aryl methyl sites for hydroxylation is 1. The fourth-order valence-electron chi connectivity index (χ4n) is 2.45. The lowest BCUT2D eigenvalue weighted by Gasteiger charge is -2.14. The quantitative estimate of drug-likeness (QED) is 0.731. The van der Waals surface area contributed by atoms with E-state index in [1.165, 1.54) is 0 Å². The molecule has 0 aliphatic heterocycles. The van der Waals surface area contributed by atoms with Crippen molar-refractivity contribution >= 4 is 17.5 Å². The molecule has 2 aromatic carbocycles. The van der Waals surface area contributed by atoms with Gasteiger partial charge < -0.3 is 16.4 Å². The highest BCUT2D eigenvalue weighted by atomic mass is 16.2. The third-order valence-electron chi connectivity index (χ3n) is 3.82. The summed E-state index contributed by atoms with van der Waals surface area (Å²) in [5.74, 6) is -0.166. The van der Waals surface area contributed by atoms with E-state index in [4.69, 9.17) is 5.73 Å². The Hall–Kier alpha value is -2.66. The van der Waals surface area contributed by atoms with Crippen molar-refractivity contribution in [2.45, 2.75) is 25.3 Å². The summed E-state index contributed by atoms with van der Waals surface area (Å²) in [4.78, 5) is 23.7. The SMILES string of the molecule is CNC(=O)CCc1ccccc1NC(=O)CC(N)c1ccccc1. The Kier molecular flexibility index (Phi) is 6.51. The maximum Gasteiger partial charge on any atom is 0.226 e. The number of carbonyl (C=O) groups excluding carboxylic acids is 2. The summed E-state index contributed by atoms with van der Waals surface area (Å²) in [5.41, 5.74) is 8.68. The van der Waals surface area contributed by atoms with Crippen LogP contribution in [-0.4, -0.2) is 18.9 Å². The molecule has 2 rings (SSSR count). The molecule has 0 heterocycles. The Morgan fingerprint density at radius 3 is 2.38 bits per heavy atom. The number of para-hydroxylation sites is 1. The average Bonchev–Trinajstić information content (AvgIpc) is 2.61. The van der Waals surface area contributed by atoms with Crippen LogP contribution in [0.1, 0.15) is 30.0 Å². The van der Waals surface area contributed by atoms with Crippen LogP contribution in [0, 0.1) is 0 Å². The summed E-state index contributed by atoms with van der Waals surface area (Å²) >= 11 is 0. The second-order valence-electron chi connectivity index (χ2n) is 5.60. The number of benzene rings is 2. The van der Waals surface area contributed by atoms with Crippen LogP contribution in [0.3, 0.4) is 0 Å². The minimum absolute atomic E-state index is 0.0257. The Morgan fingerprint density at radius 1 is 1.00 bits per heavy atom. The molecule has 0 aliphatic carbocycles. The number of carbonyl (C=O) groups is 2. The molecule has 0 aliphatic rings. The topological polar surface area (TPSA) is 84.2 Å². The fourth-order valence-corrected chi connectivity index (χ4v) is 2.45. The van der Waals surface area contributed by atoms with Crippen LogP contribution in [0.5, 0.6) is 0 Å². The Bertz CT molecular complexity index is 686. The zero-order valence-corrected chi connectivity index (χ0v) is 13.8. The van der Waals surface area contributed by atoms with Gasteiger partial charge in [0.15, 0.2) is 0 Å². The van der Waals surface area contributed by atoms with Gasteiger partial charge in [-0.2, -0.15) is 0 Å². The van der Waals surface area contributed by atoms with Gasteiger partial charge in [-0.25, -0.2) is 0 Å². The molecule has 2 amide bonds. The molecule has 24 heavy (non-hydrogen) atoms. The molecule has 126 valence electrons. The summed E-state index contributed by atoms with van der Waals surface area (Å²) in [6, 6.07) is 16.7. The van der Waals surface area contributed by atoms with E-state index in [1.54, 1.807) is 7.05 Å². The highest BCUT2D eigenvalue weighted by Gasteiger charge is 2.13. The molecular formula is C19H23N3O2. The lowest BCUT2D eigenvalue weighted by Crippen LogP contribution is -2.21. The Labute approximate surface area is 142 Å². The highest BCUT2D eigenvalue weighted by molar-refractivity contribution is 5.92. The van der Waals surface area contributed by atoms with E-state index in [-0.39, 0.29) is 24.3 Å². The first kappa shape index (κ1) is 17.7. The third-order valence-corrected chi connectivity index (χ3v) is 3.82. The molecule has 5 nitrogen and oxygen atoms in total. The van der Waals surface area contributed by atoms with Gasteiger partial charge in [-0.3, -0.25) is 9.59 Å². The van der Waals surface area contributed by atoms with Crippen molar-refractivity contribution in [3.05, 3.63) is 65.7 Å². The largest absolute Gasteiger partial charge is 0.359 e. The van der Waals surface area contributed by atoms with Crippen LogP contribution < -0.4 is 16.4 Å². The van der Waals surface area contributed by atoms with Gasteiger partial charge in [0.2, 0.25) is 11.8 Å². The van der Waals surface area contributed by atoms with Crippen molar-refractivity contribution in [3.8, 4) is 0 Å². The molecule has 0 radical (unpaired) electrons. The minimum atomic E-state index is -0.343. The van der Waals surface area contributed by atoms with Crippen molar-refractivity contribution in [3.63, 3.8) is 0 Å². The van der Waals surface area contributed by atoms with Crippen molar-refractivity contribution in [2.75, 3.05) is 12.4 Å². The molecule has 0 spiro atoms. The van der Waals surface area contributed by atoms with E-state index in [0.29, 0.717) is 12.8 Å². The molecule has 0 bridgehead atoms. The van der Waals surface area contributed by atoms with Crippen LogP contribution >= 0.6 is 0 Å². The van der Waals surface area contributed by atoms with E-state index in [0.717, 1.165) is 16.8 Å². The number of rotatable bonds is 7. The molecule has 5 heteroatoms. The molecule has 4 N–H and O–H groups in total. The fraction of sp³-hybridized carbons (Fsp3) is 0.263. The zero-order valence-electron chi connectivity index (χ0n) is 13.8. The van der Waals surface area contributed by atoms with E-state index in [9.17, 15) is 9.59 Å². The van der Waals surface area contributed by atoms with E-state index in [2.05, 4.69) is 10.6 Å². The van der Waals surface area contributed by atoms with Crippen LogP contribution in [0.25, 0.3) is 0 Å². The van der Waals surface area contributed by atoms with Crippen LogP contribution in [0.4, 0.5) is 5.69 Å². The first-order valence-electron chi connectivity index (χ1n) is 7.99. The van der Waals surface area contributed by atoms with Crippen molar-refractivity contribution in [2.24, 2.45) is 5.73 Å². The van der Waals surface area contributed by atoms with Gasteiger partial charge in [0.1, 0.15) is 0 Å². The normalized spacial score (nSPS) is 11.6. The van der Waals surface area contributed by atoms with Gasteiger partial charge in [-0.1, -0.05) is 48.5 Å². The number of hydrogen-bond acceptors (Lipinski definition) is 3. The molecule has 0 saturated carbocycles. The first-order valence-corrected chi connectivity index (χ1v) is 7.99. The smallest absolute Gasteiger partial charge is 0.226 e. The summed E-state index contributed by atoms with van der Waals surface area (Å²) in [5, 5.41) is 5.50. The minimum Gasteiger partial charge on any atom is -0.359 e. The summed E-state index contributed by atoms with van der Waals surface area (Å²) in [6.45, 7) is 0. The summed E-state index contributed by atoms with van der Waals surface area (Å²) < 4.78 is 0. The lowest BCUT2D eigenvalue weighted by atomic mass is 10.0. The molecule has 0 saturated heterocycles. The van der Waals surface area contributed by atoms with E-state index >= 15 is 0 Å². The third kappa shape index (κ3) is 5.21. The van der Waals surface area contributed by atoms with Gasteiger partial charge in [0.05, 0.1) is 0 Å². The molecule has 2 aromatic rings. The molecule has 1 unspecified atom stereocenters. The number of nitrogens with two attached hydrogens (primary N) is 1. The Balaban J connectivity index is 1.97. The second kappa shape index (κ2) is 8.84. The monoisotopic (exact) mass is 325 g/mol.